The van der Waals surface area contributed by atoms with E-state index in [9.17, 15) is 0 Å². The van der Waals surface area contributed by atoms with Crippen molar-refractivity contribution in [3.05, 3.63) is 21.8 Å². The van der Waals surface area contributed by atoms with E-state index in [1.165, 1.54) is 12.7 Å². The van der Waals surface area contributed by atoms with Gasteiger partial charge in [-0.05, 0) is 21.6 Å². The van der Waals surface area contributed by atoms with Gasteiger partial charge in [0.15, 0.2) is 0 Å². The van der Waals surface area contributed by atoms with E-state index in [4.69, 9.17) is 0 Å². The summed E-state index contributed by atoms with van der Waals surface area (Å²) in [6.07, 6.45) is 5.52. The third-order valence-corrected chi connectivity index (χ3v) is 2.05. The number of halogens is 1. The lowest BCUT2D eigenvalue weighted by Gasteiger charge is -2.02. The maximum absolute atomic E-state index is 4.51. The molecule has 0 spiro atoms. The van der Waals surface area contributed by atoms with E-state index in [1.54, 1.807) is 6.21 Å². The highest BCUT2D eigenvalue weighted by Crippen LogP contribution is 2.12. The molecule has 3 heteroatoms. The predicted molar refractivity (Wildman–Crippen MR) is 61.6 cm³/mol. The monoisotopic (exact) mass is 279 g/mol. The van der Waals surface area contributed by atoms with Crippen LogP contribution in [-0.2, 0) is 4.84 Å². The van der Waals surface area contributed by atoms with Crippen molar-refractivity contribution in [1.29, 1.82) is 0 Å². The number of hydrogen-bond donors (Lipinski definition) is 0. The fourth-order valence-corrected chi connectivity index (χ4v) is 1.53. The van der Waals surface area contributed by atoms with Gasteiger partial charge in [0.25, 0.3) is 0 Å². The van der Waals surface area contributed by atoms with Gasteiger partial charge in [0, 0.05) is 0 Å². The van der Waals surface area contributed by atoms with Gasteiger partial charge in [-0.3, -0.25) is 0 Å². The third-order valence-electron chi connectivity index (χ3n) is 1.33. The van der Waals surface area contributed by atoms with Crippen molar-refractivity contribution in [2.75, 3.05) is 7.11 Å². The Balaban J connectivity index is 4.04. The van der Waals surface area contributed by atoms with Crippen LogP contribution in [0.4, 0.5) is 0 Å². The number of rotatable bonds is 4. The Kier molecular flexibility index (Phi) is 7.14. The molecule has 68 valence electrons. The Morgan fingerprint density at radius 1 is 1.50 bits per heavy atom. The molecule has 0 aromatic rings. The first-order valence-corrected chi connectivity index (χ1v) is 5.00. The lowest BCUT2D eigenvalue weighted by Crippen LogP contribution is -1.88. The van der Waals surface area contributed by atoms with Crippen LogP contribution in [0.3, 0.4) is 0 Å². The third kappa shape index (κ3) is 5.35. The molecule has 0 atom stereocenters. The molecule has 0 saturated carbocycles. The fourth-order valence-electron chi connectivity index (χ4n) is 0.605. The first-order valence-electron chi connectivity index (χ1n) is 3.75. The average molecular weight is 279 g/mol. The molecular formula is C9H14INO. The standard InChI is InChI=1S/C9H14INO/c1-8(2)9(7-10)5-4-6-11-12-3/h4-8H,1-3H3/b5-4-,9-7+,11-6+. The first-order chi connectivity index (χ1) is 5.72. The smallest absolute Gasteiger partial charge is 0.106 e. The summed E-state index contributed by atoms with van der Waals surface area (Å²) in [6, 6.07) is 0. The quantitative estimate of drug-likeness (QED) is 0.335. The minimum Gasteiger partial charge on any atom is -0.399 e. The first kappa shape index (κ1) is 11.7. The van der Waals surface area contributed by atoms with E-state index in [2.05, 4.69) is 50.5 Å². The molecule has 0 saturated heterocycles. The molecule has 12 heavy (non-hydrogen) atoms. The molecule has 0 unspecified atom stereocenters. The Morgan fingerprint density at radius 2 is 2.17 bits per heavy atom. The Labute approximate surface area is 87.5 Å². The van der Waals surface area contributed by atoms with Gasteiger partial charge in [0.1, 0.15) is 7.11 Å². The number of allylic oxidation sites excluding steroid dienone is 3. The minimum absolute atomic E-state index is 0.550. The summed E-state index contributed by atoms with van der Waals surface area (Å²) in [5.41, 5.74) is 1.29. The Bertz CT molecular complexity index is 195. The van der Waals surface area contributed by atoms with Crippen molar-refractivity contribution < 1.29 is 4.84 Å². The van der Waals surface area contributed by atoms with Crippen LogP contribution in [0.2, 0.25) is 0 Å². The second-order valence-electron chi connectivity index (χ2n) is 2.56. The van der Waals surface area contributed by atoms with Gasteiger partial charge in [-0.25, -0.2) is 0 Å². The van der Waals surface area contributed by atoms with Crippen molar-refractivity contribution in [3.63, 3.8) is 0 Å². The van der Waals surface area contributed by atoms with Crippen LogP contribution >= 0.6 is 22.6 Å². The predicted octanol–water partition coefficient (Wildman–Crippen LogP) is 3.15. The molecular weight excluding hydrogens is 265 g/mol. The summed E-state index contributed by atoms with van der Waals surface area (Å²) in [5, 5.41) is 3.60. The van der Waals surface area contributed by atoms with Crippen LogP contribution in [0.15, 0.2) is 27.0 Å². The van der Waals surface area contributed by atoms with Gasteiger partial charge < -0.3 is 4.84 Å². The van der Waals surface area contributed by atoms with Crippen LogP contribution < -0.4 is 0 Å². The molecule has 0 N–H and O–H groups in total. The van der Waals surface area contributed by atoms with E-state index < -0.39 is 0 Å². The van der Waals surface area contributed by atoms with Gasteiger partial charge in [-0.15, -0.1) is 0 Å². The highest BCUT2D eigenvalue weighted by molar-refractivity contribution is 14.1. The normalized spacial score (nSPS) is 13.6. The molecule has 0 heterocycles. The molecule has 0 aliphatic heterocycles. The van der Waals surface area contributed by atoms with Gasteiger partial charge in [0.2, 0.25) is 0 Å². The average Bonchev–Trinajstić information content (AvgIpc) is 2.04. The summed E-state index contributed by atoms with van der Waals surface area (Å²) in [5.74, 6) is 0.550. The van der Waals surface area contributed by atoms with Crippen molar-refractivity contribution >= 4 is 28.8 Å². The molecule has 0 bridgehead atoms. The van der Waals surface area contributed by atoms with Crippen molar-refractivity contribution in [2.45, 2.75) is 13.8 Å². The van der Waals surface area contributed by atoms with Crippen molar-refractivity contribution in [3.8, 4) is 0 Å². The lowest BCUT2D eigenvalue weighted by molar-refractivity contribution is 0.215. The second-order valence-corrected chi connectivity index (χ2v) is 3.18. The van der Waals surface area contributed by atoms with Crippen LogP contribution in [0.25, 0.3) is 0 Å². The summed E-state index contributed by atoms with van der Waals surface area (Å²) < 4.78 is 2.07. The largest absolute Gasteiger partial charge is 0.399 e. The topological polar surface area (TPSA) is 21.6 Å². The SMILES string of the molecule is CO/N=C/C=C\C(=C/I)C(C)C. The van der Waals surface area contributed by atoms with E-state index in [-0.39, 0.29) is 0 Å². The molecule has 0 aliphatic carbocycles. The summed E-state index contributed by atoms with van der Waals surface area (Å²) in [7, 11) is 1.53. The molecule has 0 aromatic heterocycles. The van der Waals surface area contributed by atoms with Gasteiger partial charge in [-0.2, -0.15) is 0 Å². The summed E-state index contributed by atoms with van der Waals surface area (Å²) >= 11 is 2.24. The molecule has 0 rings (SSSR count). The second kappa shape index (κ2) is 7.34. The van der Waals surface area contributed by atoms with Gasteiger partial charge in [-0.1, -0.05) is 47.7 Å². The van der Waals surface area contributed by atoms with Crippen LogP contribution in [0.5, 0.6) is 0 Å². The molecule has 2 nitrogen and oxygen atoms in total. The zero-order valence-corrected chi connectivity index (χ0v) is 9.78. The number of oxime groups is 1. The van der Waals surface area contributed by atoms with Gasteiger partial charge in [0.05, 0.1) is 6.21 Å². The zero-order chi connectivity index (χ0) is 9.40. The van der Waals surface area contributed by atoms with Crippen LogP contribution in [0, 0.1) is 5.92 Å². The van der Waals surface area contributed by atoms with E-state index in [1.807, 2.05) is 12.2 Å². The minimum atomic E-state index is 0.550. The lowest BCUT2D eigenvalue weighted by atomic mass is 10.1. The maximum atomic E-state index is 4.51. The van der Waals surface area contributed by atoms with Crippen molar-refractivity contribution in [1.82, 2.24) is 0 Å². The summed E-state index contributed by atoms with van der Waals surface area (Å²) in [6.45, 7) is 4.31. The molecule has 0 aliphatic rings. The highest BCUT2D eigenvalue weighted by Gasteiger charge is 1.95. The maximum Gasteiger partial charge on any atom is 0.106 e. The van der Waals surface area contributed by atoms with E-state index in [0.29, 0.717) is 5.92 Å². The Hall–Kier alpha value is -0.320. The molecule has 0 fully saturated rings. The molecule has 0 aromatic carbocycles. The fraction of sp³-hybridized carbons (Fsp3) is 0.444. The number of nitrogens with zero attached hydrogens (tertiary/aromatic N) is 1. The zero-order valence-electron chi connectivity index (χ0n) is 7.62. The molecule has 0 radical (unpaired) electrons. The van der Waals surface area contributed by atoms with Gasteiger partial charge >= 0.3 is 0 Å². The number of hydrogen-bond acceptors (Lipinski definition) is 2. The van der Waals surface area contributed by atoms with Crippen molar-refractivity contribution in [2.24, 2.45) is 11.1 Å². The van der Waals surface area contributed by atoms with E-state index >= 15 is 0 Å². The van der Waals surface area contributed by atoms with Crippen LogP contribution in [-0.4, -0.2) is 13.3 Å². The Morgan fingerprint density at radius 3 is 2.58 bits per heavy atom. The molecule has 0 amide bonds. The van der Waals surface area contributed by atoms with E-state index in [0.717, 1.165) is 0 Å². The summed E-state index contributed by atoms with van der Waals surface area (Å²) in [4.78, 5) is 4.51. The highest BCUT2D eigenvalue weighted by atomic mass is 127. The van der Waals surface area contributed by atoms with Crippen LogP contribution in [0.1, 0.15) is 13.8 Å².